The van der Waals surface area contributed by atoms with Crippen molar-refractivity contribution in [1.82, 2.24) is 19.7 Å². The standard InChI is InChI=1S/C8H8ClN5/c1-14-8(10)12-7(13-14)6-3-2-5(9)4-11-6/h2-4H,1H3,(H2,10,12,13). The third-order valence-corrected chi connectivity index (χ3v) is 1.98. The van der Waals surface area contributed by atoms with Crippen molar-refractivity contribution < 1.29 is 0 Å². The lowest BCUT2D eigenvalue weighted by atomic mass is 10.3. The SMILES string of the molecule is Cn1nc(-c2ccc(Cl)cn2)nc1N. The Hall–Kier alpha value is -1.62. The first kappa shape index (κ1) is 8.96. The molecule has 2 N–H and O–H groups in total. The van der Waals surface area contributed by atoms with E-state index in [1.54, 1.807) is 25.4 Å². The fourth-order valence-electron chi connectivity index (χ4n) is 1.01. The first-order chi connectivity index (χ1) is 6.66. The van der Waals surface area contributed by atoms with Crippen molar-refractivity contribution in [2.24, 2.45) is 7.05 Å². The number of pyridine rings is 1. The van der Waals surface area contributed by atoms with Crippen LogP contribution < -0.4 is 5.73 Å². The Labute approximate surface area is 85.5 Å². The van der Waals surface area contributed by atoms with E-state index in [4.69, 9.17) is 17.3 Å². The maximum Gasteiger partial charge on any atom is 0.218 e. The Bertz CT molecular complexity index is 428. The number of nitrogens with two attached hydrogens (primary N) is 1. The summed E-state index contributed by atoms with van der Waals surface area (Å²) < 4.78 is 1.49. The topological polar surface area (TPSA) is 69.6 Å². The highest BCUT2D eigenvalue weighted by Gasteiger charge is 2.07. The number of rotatable bonds is 1. The third-order valence-electron chi connectivity index (χ3n) is 1.75. The van der Waals surface area contributed by atoms with Crippen molar-refractivity contribution in [3.05, 3.63) is 23.4 Å². The van der Waals surface area contributed by atoms with Gasteiger partial charge in [-0.05, 0) is 12.1 Å². The number of aryl methyl sites for hydroxylation is 1. The van der Waals surface area contributed by atoms with Gasteiger partial charge < -0.3 is 5.73 Å². The number of nitrogen functional groups attached to an aromatic ring is 1. The summed E-state index contributed by atoms with van der Waals surface area (Å²) in [6.07, 6.45) is 1.55. The minimum atomic E-state index is 0.358. The van der Waals surface area contributed by atoms with E-state index < -0.39 is 0 Å². The largest absolute Gasteiger partial charge is 0.368 e. The molecule has 5 nitrogen and oxygen atoms in total. The first-order valence-electron chi connectivity index (χ1n) is 3.95. The van der Waals surface area contributed by atoms with Gasteiger partial charge in [-0.1, -0.05) is 11.6 Å². The minimum absolute atomic E-state index is 0.358. The predicted octanol–water partition coefficient (Wildman–Crippen LogP) is 1.11. The van der Waals surface area contributed by atoms with Crippen LogP contribution in [0.1, 0.15) is 0 Å². The second-order valence-electron chi connectivity index (χ2n) is 2.78. The van der Waals surface area contributed by atoms with Crippen LogP contribution in [-0.2, 0) is 7.05 Å². The van der Waals surface area contributed by atoms with Crippen LogP contribution in [0.25, 0.3) is 11.5 Å². The second kappa shape index (κ2) is 3.26. The van der Waals surface area contributed by atoms with Crippen LogP contribution in [0.15, 0.2) is 18.3 Å². The average Bonchev–Trinajstić information content (AvgIpc) is 2.48. The van der Waals surface area contributed by atoms with Crippen LogP contribution in [0.3, 0.4) is 0 Å². The molecular formula is C8H8ClN5. The van der Waals surface area contributed by atoms with E-state index in [-0.39, 0.29) is 0 Å². The Morgan fingerprint density at radius 3 is 2.71 bits per heavy atom. The Balaban J connectivity index is 2.44. The van der Waals surface area contributed by atoms with Crippen LogP contribution in [0, 0.1) is 0 Å². The fraction of sp³-hybridized carbons (Fsp3) is 0.125. The monoisotopic (exact) mass is 209 g/mol. The molecule has 0 aromatic carbocycles. The van der Waals surface area contributed by atoms with Crippen LogP contribution in [0.4, 0.5) is 5.95 Å². The highest BCUT2D eigenvalue weighted by atomic mass is 35.5. The summed E-state index contributed by atoms with van der Waals surface area (Å²) in [4.78, 5) is 8.11. The van der Waals surface area contributed by atoms with Crippen molar-refractivity contribution in [3.63, 3.8) is 0 Å². The van der Waals surface area contributed by atoms with Crippen LogP contribution >= 0.6 is 11.6 Å². The van der Waals surface area contributed by atoms with E-state index in [1.807, 2.05) is 0 Å². The van der Waals surface area contributed by atoms with Crippen molar-refractivity contribution in [1.29, 1.82) is 0 Å². The molecule has 0 spiro atoms. The zero-order valence-electron chi connectivity index (χ0n) is 7.48. The molecule has 14 heavy (non-hydrogen) atoms. The molecule has 0 atom stereocenters. The third kappa shape index (κ3) is 1.54. The summed E-state index contributed by atoms with van der Waals surface area (Å²) in [6, 6.07) is 3.48. The maximum absolute atomic E-state index is 5.70. The molecular weight excluding hydrogens is 202 g/mol. The number of hydrogen-bond donors (Lipinski definition) is 1. The van der Waals surface area contributed by atoms with Gasteiger partial charge >= 0.3 is 0 Å². The van der Waals surface area contributed by atoms with Gasteiger partial charge in [-0.3, -0.25) is 4.98 Å². The number of nitrogens with zero attached hydrogens (tertiary/aromatic N) is 4. The molecule has 2 heterocycles. The van der Waals surface area contributed by atoms with Crippen molar-refractivity contribution in [2.75, 3.05) is 5.73 Å². The van der Waals surface area contributed by atoms with Gasteiger partial charge in [0.2, 0.25) is 11.8 Å². The highest BCUT2D eigenvalue weighted by Crippen LogP contribution is 2.15. The molecule has 2 aromatic rings. The Morgan fingerprint density at radius 2 is 2.21 bits per heavy atom. The van der Waals surface area contributed by atoms with Gasteiger partial charge in [0.05, 0.1) is 5.02 Å². The molecule has 0 unspecified atom stereocenters. The molecule has 2 rings (SSSR count). The lowest BCUT2D eigenvalue weighted by Gasteiger charge is -1.92. The summed E-state index contributed by atoms with van der Waals surface area (Å²) in [5.41, 5.74) is 6.20. The second-order valence-corrected chi connectivity index (χ2v) is 3.22. The molecule has 0 fully saturated rings. The van der Waals surface area contributed by atoms with E-state index in [0.717, 1.165) is 0 Å². The molecule has 0 saturated carbocycles. The van der Waals surface area contributed by atoms with Crippen molar-refractivity contribution in [3.8, 4) is 11.5 Å². The summed E-state index contributed by atoms with van der Waals surface area (Å²) >= 11 is 5.70. The Morgan fingerprint density at radius 1 is 1.43 bits per heavy atom. The number of aromatic nitrogens is 4. The molecule has 0 aliphatic carbocycles. The normalized spacial score (nSPS) is 10.4. The predicted molar refractivity (Wildman–Crippen MR) is 53.7 cm³/mol. The van der Waals surface area contributed by atoms with E-state index in [1.165, 1.54) is 4.68 Å². The molecule has 0 bridgehead atoms. The van der Waals surface area contributed by atoms with E-state index in [9.17, 15) is 0 Å². The number of hydrogen-bond acceptors (Lipinski definition) is 4. The zero-order chi connectivity index (χ0) is 10.1. The molecule has 0 aliphatic heterocycles. The number of halogens is 1. The maximum atomic E-state index is 5.70. The van der Waals surface area contributed by atoms with Gasteiger partial charge in [0.25, 0.3) is 0 Å². The van der Waals surface area contributed by atoms with Crippen LogP contribution in [0.5, 0.6) is 0 Å². The molecule has 2 aromatic heterocycles. The first-order valence-corrected chi connectivity index (χ1v) is 4.33. The van der Waals surface area contributed by atoms with E-state index >= 15 is 0 Å². The van der Waals surface area contributed by atoms with Crippen LogP contribution in [-0.4, -0.2) is 19.7 Å². The minimum Gasteiger partial charge on any atom is -0.368 e. The summed E-state index contributed by atoms with van der Waals surface area (Å²) in [5, 5.41) is 4.67. The van der Waals surface area contributed by atoms with Crippen LogP contribution in [0.2, 0.25) is 5.02 Å². The zero-order valence-corrected chi connectivity index (χ0v) is 8.23. The number of anilines is 1. The van der Waals surface area contributed by atoms with Gasteiger partial charge in [-0.15, -0.1) is 5.10 Å². The smallest absolute Gasteiger partial charge is 0.218 e. The summed E-state index contributed by atoms with van der Waals surface area (Å²) in [7, 11) is 1.72. The van der Waals surface area contributed by atoms with Gasteiger partial charge in [0.15, 0.2) is 0 Å². The molecule has 0 saturated heterocycles. The lowest BCUT2D eigenvalue weighted by molar-refractivity contribution is 0.780. The molecule has 0 aliphatic rings. The molecule has 72 valence electrons. The van der Waals surface area contributed by atoms with Gasteiger partial charge in [0.1, 0.15) is 5.69 Å². The van der Waals surface area contributed by atoms with Gasteiger partial charge in [-0.25, -0.2) is 4.68 Å². The van der Waals surface area contributed by atoms with E-state index in [0.29, 0.717) is 22.5 Å². The Kier molecular flexibility index (Phi) is 2.09. The summed E-state index contributed by atoms with van der Waals surface area (Å²) in [5.74, 6) is 0.860. The average molecular weight is 210 g/mol. The highest BCUT2D eigenvalue weighted by molar-refractivity contribution is 6.30. The summed E-state index contributed by atoms with van der Waals surface area (Å²) in [6.45, 7) is 0. The fourth-order valence-corrected chi connectivity index (χ4v) is 1.12. The van der Waals surface area contributed by atoms with Gasteiger partial charge in [-0.2, -0.15) is 4.98 Å². The van der Waals surface area contributed by atoms with Gasteiger partial charge in [0, 0.05) is 13.2 Å². The lowest BCUT2D eigenvalue weighted by Crippen LogP contribution is -1.97. The van der Waals surface area contributed by atoms with Crippen molar-refractivity contribution >= 4 is 17.5 Å². The van der Waals surface area contributed by atoms with Crippen molar-refractivity contribution in [2.45, 2.75) is 0 Å². The quantitative estimate of drug-likeness (QED) is 0.764. The van der Waals surface area contributed by atoms with E-state index in [2.05, 4.69) is 15.1 Å². The molecule has 0 radical (unpaired) electrons. The molecule has 6 heteroatoms. The molecule has 0 amide bonds.